The lowest BCUT2D eigenvalue weighted by Gasteiger charge is -2.26. The number of methoxy groups -OCH3 is 1. The van der Waals surface area contributed by atoms with Gasteiger partial charge in [0.15, 0.2) is 17.3 Å². The van der Waals surface area contributed by atoms with E-state index in [1.807, 2.05) is 18.4 Å². The number of benzene rings is 4. The molecule has 3 aliphatic rings. The molecule has 0 radical (unpaired) electrons. The molecular formula is C65H77N9O12S. The Labute approximate surface area is 512 Å². The number of anilines is 3. The van der Waals surface area contributed by atoms with Crippen molar-refractivity contribution < 1.29 is 52.6 Å². The van der Waals surface area contributed by atoms with E-state index in [0.29, 0.717) is 74.9 Å². The second kappa shape index (κ2) is 36.1. The molecule has 3 amide bonds. The molecule has 3 N–H and O–H groups in total. The minimum atomic E-state index is -0.521. The van der Waals surface area contributed by atoms with Gasteiger partial charge in [-0.3, -0.25) is 58.6 Å². The zero-order chi connectivity index (χ0) is 61.6. The molecule has 0 spiro atoms. The number of ether oxygens (including phenoxy) is 4. The van der Waals surface area contributed by atoms with Crippen LogP contribution in [0.15, 0.2) is 139 Å². The van der Waals surface area contributed by atoms with E-state index in [0.717, 1.165) is 131 Å². The Bertz CT molecular complexity index is 3210. The van der Waals surface area contributed by atoms with Gasteiger partial charge >= 0.3 is 0 Å². The van der Waals surface area contributed by atoms with Gasteiger partial charge in [0.25, 0.3) is 23.4 Å². The van der Waals surface area contributed by atoms with Crippen LogP contribution in [0.5, 0.6) is 5.75 Å². The molecular weight excluding hydrogens is 1130 g/mol. The summed E-state index contributed by atoms with van der Waals surface area (Å²) in [6.07, 6.45) is 12.2. The average Bonchev–Trinajstić information content (AvgIpc) is 3.76. The number of unbranched alkanes of at least 4 members (excludes halogenated alkanes) is 2. The summed E-state index contributed by atoms with van der Waals surface area (Å²) in [5.74, 6) is -0.529. The minimum Gasteiger partial charge on any atom is -0.495 e. The third-order valence-corrected chi connectivity index (χ3v) is 15.4. The number of nitrogens with zero attached hydrogens (tertiary/aromatic N) is 6. The van der Waals surface area contributed by atoms with Gasteiger partial charge in [-0.25, -0.2) is 4.98 Å². The monoisotopic (exact) mass is 1210 g/mol. The number of Topliss-reactive ketones (excluding diaryl/α,β-unsaturated/α-hetero) is 3. The van der Waals surface area contributed by atoms with Crippen LogP contribution < -0.4 is 20.7 Å². The molecule has 9 rings (SSSR count). The van der Waals surface area contributed by atoms with Crippen molar-refractivity contribution in [1.29, 1.82) is 0 Å². The number of nitro benzene ring substituents is 1. The molecule has 6 aromatic rings. The number of thioether (sulfide) groups is 1. The third kappa shape index (κ3) is 21.4. The summed E-state index contributed by atoms with van der Waals surface area (Å²) in [5, 5.41) is 19.9. The highest BCUT2D eigenvalue weighted by Gasteiger charge is 2.22. The molecule has 0 unspecified atom stereocenters. The summed E-state index contributed by atoms with van der Waals surface area (Å²) >= 11 is 1.42. The van der Waals surface area contributed by atoms with Crippen molar-refractivity contribution in [1.82, 2.24) is 24.7 Å². The highest BCUT2D eigenvalue weighted by atomic mass is 32.2. The second-order valence-electron chi connectivity index (χ2n) is 20.6. The molecule has 87 heavy (non-hydrogen) atoms. The summed E-state index contributed by atoms with van der Waals surface area (Å²) in [5.41, 5.74) is 4.00. The highest BCUT2D eigenvalue weighted by Crippen LogP contribution is 2.31. The zero-order valence-corrected chi connectivity index (χ0v) is 50.3. The predicted octanol–water partition coefficient (Wildman–Crippen LogP) is 9.91. The number of nitrogens with one attached hydrogen (secondary N) is 3. The molecule has 3 fully saturated rings. The van der Waals surface area contributed by atoms with Crippen molar-refractivity contribution in [2.45, 2.75) is 56.4 Å². The van der Waals surface area contributed by atoms with Crippen molar-refractivity contribution in [3.8, 4) is 5.75 Å². The SMILES string of the molecule is COc1cccc(C(=O)CCCCN2CCOCC2)c1NC(=O)c1cccnc1.CSc1ncccc1C(=O)Nc1ccccc1C(=O)CCCCN1CCOCC1.O=C(Nc1ccccc1C(=O)CCCN1CCOCC1)c1ccc([N+](=O)[O-])cc1. The van der Waals surface area contributed by atoms with E-state index in [2.05, 4.69) is 40.6 Å². The number of amides is 3. The topological polar surface area (TPSA) is 254 Å². The maximum atomic E-state index is 12.8. The molecule has 3 saturated heterocycles. The van der Waals surface area contributed by atoms with Crippen molar-refractivity contribution in [3.63, 3.8) is 0 Å². The first kappa shape index (κ1) is 66.4. The molecule has 0 bridgehead atoms. The summed E-state index contributed by atoms with van der Waals surface area (Å²) < 4.78 is 21.4. The number of rotatable bonds is 26. The van der Waals surface area contributed by atoms with Crippen LogP contribution in [0.3, 0.4) is 0 Å². The van der Waals surface area contributed by atoms with Gasteiger partial charge in [0, 0.05) is 112 Å². The highest BCUT2D eigenvalue weighted by molar-refractivity contribution is 7.98. The largest absolute Gasteiger partial charge is 0.495 e. The fourth-order valence-corrected chi connectivity index (χ4v) is 10.4. The predicted molar refractivity (Wildman–Crippen MR) is 335 cm³/mol. The first-order valence-corrected chi connectivity index (χ1v) is 30.6. The lowest BCUT2D eigenvalue weighted by atomic mass is 10.0. The first-order chi connectivity index (χ1) is 42.4. The van der Waals surface area contributed by atoms with Gasteiger partial charge in [-0.15, -0.1) is 11.8 Å². The number of ketones is 3. The number of carbonyl (C=O) groups excluding carboxylic acids is 6. The number of pyridine rings is 2. The number of morpholine rings is 3. The van der Waals surface area contributed by atoms with Crippen LogP contribution in [0.1, 0.15) is 114 Å². The van der Waals surface area contributed by atoms with Gasteiger partial charge < -0.3 is 34.9 Å². The van der Waals surface area contributed by atoms with Crippen molar-refractivity contribution >= 4 is 69.6 Å². The van der Waals surface area contributed by atoms with E-state index in [4.69, 9.17) is 18.9 Å². The van der Waals surface area contributed by atoms with E-state index in [1.165, 1.54) is 49.3 Å². The minimum absolute atomic E-state index is 0.00707. The van der Waals surface area contributed by atoms with Crippen LogP contribution in [0.2, 0.25) is 0 Å². The molecule has 0 aliphatic carbocycles. The maximum Gasteiger partial charge on any atom is 0.269 e. The Kier molecular flexibility index (Phi) is 27.6. The lowest BCUT2D eigenvalue weighted by Crippen LogP contribution is -2.36. The Balaban J connectivity index is 0.000000186. The maximum absolute atomic E-state index is 12.8. The number of carbonyl (C=O) groups is 6. The fraction of sp³-hybridized carbons (Fsp3) is 0.385. The summed E-state index contributed by atoms with van der Waals surface area (Å²) in [7, 11) is 1.52. The Morgan fingerprint density at radius 1 is 0.529 bits per heavy atom. The summed E-state index contributed by atoms with van der Waals surface area (Å²) in [6, 6.07) is 31.5. The molecule has 5 heterocycles. The number of hydrogen-bond donors (Lipinski definition) is 3. The van der Waals surface area contributed by atoms with Crippen LogP contribution in [0, 0.1) is 10.1 Å². The molecule has 21 nitrogen and oxygen atoms in total. The standard InChI is InChI=1S/C22H27N3O4.C22H27N3O3S.C21H23N3O5/c1-28-20-9-4-7-18(21(20)24-22(27)17-6-5-10-23-16-17)19(26)8-2-3-11-25-12-14-29-15-13-25;1-29-22-18(8-6-11-23-22)21(27)24-19-9-3-2-7-17(19)20(26)10-4-5-12-25-13-15-28-16-14-25;25-20(6-3-11-23-12-14-29-15-13-23)18-4-1-2-5-19(18)22-21(26)16-7-9-17(10-8-16)24(27)28/h4-7,9-10,16H,2-3,8,11-15H2,1H3,(H,24,27);2-3,6-9,11H,4-5,10,12-16H2,1H3,(H,24,27);1-2,4-5,7-10H,3,6,11-15H2,(H,22,26). The van der Waals surface area contributed by atoms with Crippen molar-refractivity contribution in [2.75, 3.05) is 128 Å². The number of aromatic nitrogens is 2. The van der Waals surface area contributed by atoms with E-state index < -0.39 is 10.8 Å². The Morgan fingerprint density at radius 3 is 1.52 bits per heavy atom. The fourth-order valence-electron chi connectivity index (χ4n) is 9.84. The van der Waals surface area contributed by atoms with Gasteiger partial charge in [0.05, 0.1) is 79.9 Å². The summed E-state index contributed by atoms with van der Waals surface area (Å²) in [6.45, 7) is 13.0. The van der Waals surface area contributed by atoms with Crippen LogP contribution in [-0.2, 0) is 14.2 Å². The number of nitro groups is 1. The molecule has 22 heteroatoms. The molecule has 3 aliphatic heterocycles. The van der Waals surface area contributed by atoms with E-state index in [-0.39, 0.29) is 40.4 Å². The number of para-hydroxylation sites is 3. The second-order valence-corrected chi connectivity index (χ2v) is 21.4. The van der Waals surface area contributed by atoms with Gasteiger partial charge in [-0.2, -0.15) is 0 Å². The smallest absolute Gasteiger partial charge is 0.269 e. The zero-order valence-electron chi connectivity index (χ0n) is 49.5. The van der Waals surface area contributed by atoms with Crippen molar-refractivity contribution in [2.24, 2.45) is 0 Å². The lowest BCUT2D eigenvalue weighted by molar-refractivity contribution is -0.384. The number of non-ortho nitro benzene ring substituents is 1. The Hall–Kier alpha value is -8.09. The quantitative estimate of drug-likeness (QED) is 0.0150. The van der Waals surface area contributed by atoms with Crippen LogP contribution in [0.4, 0.5) is 22.7 Å². The molecule has 2 aromatic heterocycles. The normalized spacial score (nSPS) is 14.4. The van der Waals surface area contributed by atoms with Crippen molar-refractivity contribution in [3.05, 3.63) is 177 Å². The number of hydrogen-bond acceptors (Lipinski definition) is 18. The van der Waals surface area contributed by atoms with Crippen LogP contribution in [0.25, 0.3) is 0 Å². The van der Waals surface area contributed by atoms with E-state index in [9.17, 15) is 38.9 Å². The van der Waals surface area contributed by atoms with E-state index in [1.54, 1.807) is 91.3 Å². The van der Waals surface area contributed by atoms with Gasteiger partial charge in [0.2, 0.25) is 0 Å². The van der Waals surface area contributed by atoms with Gasteiger partial charge in [-0.05, 0) is 131 Å². The summed E-state index contributed by atoms with van der Waals surface area (Å²) in [4.78, 5) is 101. The molecule has 0 saturated carbocycles. The third-order valence-electron chi connectivity index (χ3n) is 14.7. The average molecular weight is 1210 g/mol. The molecule has 0 atom stereocenters. The van der Waals surface area contributed by atoms with Crippen LogP contribution >= 0.6 is 11.8 Å². The van der Waals surface area contributed by atoms with Gasteiger partial charge in [-0.1, -0.05) is 30.3 Å². The molecule has 460 valence electrons. The first-order valence-electron chi connectivity index (χ1n) is 29.3. The molecule has 4 aromatic carbocycles. The van der Waals surface area contributed by atoms with Crippen LogP contribution in [-0.4, -0.2) is 177 Å². The Morgan fingerprint density at radius 2 is 1.00 bits per heavy atom. The van der Waals surface area contributed by atoms with Gasteiger partial charge in [0.1, 0.15) is 10.8 Å². The van der Waals surface area contributed by atoms with E-state index >= 15 is 0 Å².